The smallest absolute Gasteiger partial charge is 0.549 e. The zero-order chi connectivity index (χ0) is 27.0. The first kappa shape index (κ1) is 29.2. The summed E-state index contributed by atoms with van der Waals surface area (Å²) in [5.41, 5.74) is 0.00100. The molecule has 0 bridgehead atoms. The van der Waals surface area contributed by atoms with Gasteiger partial charge in [0.2, 0.25) is 0 Å². The molecule has 12 heteroatoms. The SMILES string of the molecule is O=C([O-])C1CCOc2cc(Oc3ccc(C(=O)N(c4cccc(C(F)(F)F)c4)C4CNC4)cc3)c(Cl)cc21.[Na+]. The number of rotatable bonds is 6. The third-order valence-electron chi connectivity index (χ3n) is 6.51. The molecule has 2 aliphatic heterocycles. The van der Waals surface area contributed by atoms with Crippen LogP contribution in [0.1, 0.15) is 33.8 Å². The van der Waals surface area contributed by atoms with Gasteiger partial charge in [0.1, 0.15) is 17.2 Å². The Morgan fingerprint density at radius 3 is 2.41 bits per heavy atom. The maximum Gasteiger partial charge on any atom is 1.00 e. The number of carbonyl (C=O) groups excluding carboxylic acids is 2. The van der Waals surface area contributed by atoms with Crippen LogP contribution >= 0.6 is 11.6 Å². The van der Waals surface area contributed by atoms with Crippen molar-refractivity contribution >= 4 is 29.2 Å². The molecule has 1 amide bonds. The molecule has 1 atom stereocenters. The van der Waals surface area contributed by atoms with Crippen LogP contribution in [0, 0.1) is 0 Å². The van der Waals surface area contributed by atoms with E-state index in [1.165, 1.54) is 53.4 Å². The number of carbonyl (C=O) groups is 2. The Balaban J connectivity index is 0.00000353. The summed E-state index contributed by atoms with van der Waals surface area (Å²) < 4.78 is 51.2. The molecular formula is C27H21ClF3N2NaO5. The summed E-state index contributed by atoms with van der Waals surface area (Å²) in [5.74, 6) is -1.59. The number of nitrogens with zero attached hydrogens (tertiary/aromatic N) is 1. The van der Waals surface area contributed by atoms with E-state index in [0.717, 1.165) is 12.1 Å². The summed E-state index contributed by atoms with van der Waals surface area (Å²) in [6.07, 6.45) is -4.26. The van der Waals surface area contributed by atoms with Crippen LogP contribution in [0.5, 0.6) is 17.2 Å². The van der Waals surface area contributed by atoms with Crippen molar-refractivity contribution in [3.05, 3.63) is 82.4 Å². The number of hydrogen-bond donors (Lipinski definition) is 1. The van der Waals surface area contributed by atoms with E-state index in [1.54, 1.807) is 0 Å². The van der Waals surface area contributed by atoms with Gasteiger partial charge in [0, 0.05) is 47.9 Å². The summed E-state index contributed by atoms with van der Waals surface area (Å²) in [7, 11) is 0. The first-order valence-corrected chi connectivity index (χ1v) is 12.2. The molecule has 7 nitrogen and oxygen atoms in total. The Labute approximate surface area is 249 Å². The van der Waals surface area contributed by atoms with Gasteiger partial charge in [-0.05, 0) is 55.0 Å². The minimum absolute atomic E-state index is 0. The molecule has 3 aromatic rings. The Morgan fingerprint density at radius 2 is 1.79 bits per heavy atom. The van der Waals surface area contributed by atoms with Crippen molar-refractivity contribution in [1.82, 2.24) is 5.32 Å². The van der Waals surface area contributed by atoms with Gasteiger partial charge in [0.05, 0.1) is 23.2 Å². The van der Waals surface area contributed by atoms with E-state index in [9.17, 15) is 27.9 Å². The van der Waals surface area contributed by atoms with Crippen LogP contribution in [0.3, 0.4) is 0 Å². The number of carboxylic acid groups (broad SMARTS) is 1. The zero-order valence-corrected chi connectivity index (χ0v) is 23.5. The molecule has 0 radical (unpaired) electrons. The number of halogens is 4. The third-order valence-corrected chi connectivity index (χ3v) is 6.81. The fourth-order valence-electron chi connectivity index (χ4n) is 4.43. The molecule has 3 aromatic carbocycles. The standard InChI is InChI=1S/C27H22ClF3N2O5.Na/c28-22-11-21-20(26(35)36)8-9-37-23(21)12-24(22)38-19-6-4-15(5-7-19)25(34)33(18-13-32-14-18)17-3-1-2-16(10-17)27(29,30)31;/h1-7,10-12,18,20,32H,8-9,13-14H2,(H,35,36);/q;+1/p-1. The maximum atomic E-state index is 13.4. The van der Waals surface area contributed by atoms with E-state index >= 15 is 0 Å². The molecule has 1 fully saturated rings. The predicted molar refractivity (Wildman–Crippen MR) is 131 cm³/mol. The second-order valence-corrected chi connectivity index (χ2v) is 9.40. The van der Waals surface area contributed by atoms with Crippen LogP contribution in [-0.4, -0.2) is 37.6 Å². The molecule has 39 heavy (non-hydrogen) atoms. The number of fused-ring (bicyclic) bond motifs is 1. The first-order valence-electron chi connectivity index (χ1n) is 11.8. The van der Waals surface area contributed by atoms with Gasteiger partial charge in [-0.25, -0.2) is 0 Å². The van der Waals surface area contributed by atoms with Gasteiger partial charge in [-0.2, -0.15) is 13.2 Å². The number of anilines is 1. The van der Waals surface area contributed by atoms with Crippen LogP contribution < -0.4 is 54.4 Å². The van der Waals surface area contributed by atoms with Crippen molar-refractivity contribution in [2.45, 2.75) is 24.6 Å². The summed E-state index contributed by atoms with van der Waals surface area (Å²) in [6.45, 7) is 1.13. The van der Waals surface area contributed by atoms with Crippen molar-refractivity contribution in [3.8, 4) is 17.2 Å². The van der Waals surface area contributed by atoms with Crippen LogP contribution in [0.2, 0.25) is 5.02 Å². The average molecular weight is 569 g/mol. The Kier molecular flexibility index (Phi) is 8.82. The molecule has 1 N–H and O–H groups in total. The largest absolute Gasteiger partial charge is 1.00 e. The number of alkyl halides is 3. The molecule has 5 rings (SSSR count). The van der Waals surface area contributed by atoms with E-state index in [4.69, 9.17) is 21.1 Å². The molecule has 198 valence electrons. The third kappa shape index (κ3) is 6.20. The fourth-order valence-corrected chi connectivity index (χ4v) is 4.64. The van der Waals surface area contributed by atoms with Crippen molar-refractivity contribution in [2.75, 3.05) is 24.6 Å². The number of amides is 1. The number of carboxylic acids is 1. The quantitative estimate of drug-likeness (QED) is 0.452. The molecule has 0 aliphatic carbocycles. The monoisotopic (exact) mass is 568 g/mol. The number of benzene rings is 3. The molecule has 2 heterocycles. The average Bonchev–Trinajstić information content (AvgIpc) is 2.85. The molecule has 2 aliphatic rings. The summed E-state index contributed by atoms with van der Waals surface area (Å²) in [5, 5.41) is 14.6. The maximum absolute atomic E-state index is 13.4. The molecule has 1 unspecified atom stereocenters. The van der Waals surface area contributed by atoms with Gasteiger partial charge < -0.3 is 29.6 Å². The van der Waals surface area contributed by atoms with Crippen LogP contribution in [0.25, 0.3) is 0 Å². The van der Waals surface area contributed by atoms with Crippen molar-refractivity contribution in [2.24, 2.45) is 0 Å². The van der Waals surface area contributed by atoms with Crippen molar-refractivity contribution in [1.29, 1.82) is 0 Å². The molecule has 0 aromatic heterocycles. The van der Waals surface area contributed by atoms with E-state index in [0.29, 0.717) is 30.2 Å². The summed E-state index contributed by atoms with van der Waals surface area (Å²) in [4.78, 5) is 26.2. The van der Waals surface area contributed by atoms with Gasteiger partial charge in [0.15, 0.2) is 0 Å². The molecule has 1 saturated heterocycles. The topological polar surface area (TPSA) is 90.9 Å². The second-order valence-electron chi connectivity index (χ2n) is 8.99. The van der Waals surface area contributed by atoms with Crippen LogP contribution in [0.4, 0.5) is 18.9 Å². The van der Waals surface area contributed by atoms with Gasteiger partial charge in [0.25, 0.3) is 5.91 Å². The van der Waals surface area contributed by atoms with Gasteiger partial charge in [-0.1, -0.05) is 17.7 Å². The van der Waals surface area contributed by atoms with Crippen molar-refractivity contribution < 1.29 is 66.9 Å². The summed E-state index contributed by atoms with van der Waals surface area (Å²) >= 11 is 6.33. The number of ether oxygens (including phenoxy) is 2. The number of hydrogen-bond acceptors (Lipinski definition) is 6. The Bertz CT molecular complexity index is 1380. The molecule has 0 saturated carbocycles. The van der Waals surface area contributed by atoms with Crippen LogP contribution in [-0.2, 0) is 11.0 Å². The minimum Gasteiger partial charge on any atom is -0.549 e. The summed E-state index contributed by atoms with van der Waals surface area (Å²) in [6, 6.07) is 13.5. The van der Waals surface area contributed by atoms with Crippen molar-refractivity contribution in [3.63, 3.8) is 0 Å². The van der Waals surface area contributed by atoms with Gasteiger partial charge in [-0.15, -0.1) is 0 Å². The van der Waals surface area contributed by atoms with Gasteiger partial charge >= 0.3 is 35.7 Å². The van der Waals surface area contributed by atoms with E-state index < -0.39 is 29.5 Å². The predicted octanol–water partition coefficient (Wildman–Crippen LogP) is 1.39. The Hall–Kier alpha value is -2.76. The van der Waals surface area contributed by atoms with Gasteiger partial charge in [-0.3, -0.25) is 4.79 Å². The van der Waals surface area contributed by atoms with E-state index in [2.05, 4.69) is 5.32 Å². The Morgan fingerprint density at radius 1 is 1.08 bits per heavy atom. The second kappa shape index (κ2) is 11.8. The zero-order valence-electron chi connectivity index (χ0n) is 20.8. The first-order chi connectivity index (χ1) is 18.1. The van der Waals surface area contributed by atoms with E-state index in [1.807, 2.05) is 0 Å². The normalized spacial score (nSPS) is 16.7. The number of aliphatic carboxylic acids is 1. The minimum atomic E-state index is -4.53. The van der Waals surface area contributed by atoms with Crippen LogP contribution in [0.15, 0.2) is 60.7 Å². The fraction of sp³-hybridized carbons (Fsp3) is 0.259. The van der Waals surface area contributed by atoms with E-state index in [-0.39, 0.29) is 70.6 Å². The molecule has 0 spiro atoms. The molecular weight excluding hydrogens is 548 g/mol. The number of nitrogens with one attached hydrogen (secondary N) is 1.